The van der Waals surface area contributed by atoms with Gasteiger partial charge in [0.1, 0.15) is 0 Å². The summed E-state index contributed by atoms with van der Waals surface area (Å²) in [5.74, 6) is 0. The zero-order valence-corrected chi connectivity index (χ0v) is 12.7. The molecule has 0 aromatic heterocycles. The Hall–Kier alpha value is -2.22. The molecule has 2 heteroatoms. The van der Waals surface area contributed by atoms with Crippen molar-refractivity contribution in [3.8, 4) is 11.1 Å². The molecule has 2 aliphatic heterocycles. The summed E-state index contributed by atoms with van der Waals surface area (Å²) in [4.78, 5) is 9.72. The van der Waals surface area contributed by atoms with Crippen LogP contribution in [0.1, 0.15) is 37.8 Å². The van der Waals surface area contributed by atoms with Crippen molar-refractivity contribution in [1.29, 1.82) is 0 Å². The van der Waals surface area contributed by atoms with Gasteiger partial charge in [0.15, 0.2) is 0 Å². The molecule has 0 saturated carbocycles. The van der Waals surface area contributed by atoms with E-state index in [1.807, 2.05) is 6.07 Å². The van der Waals surface area contributed by atoms with Crippen LogP contribution in [0.3, 0.4) is 0 Å². The van der Waals surface area contributed by atoms with Gasteiger partial charge in [0.25, 0.3) is 0 Å². The van der Waals surface area contributed by atoms with Crippen LogP contribution in [0.5, 0.6) is 0 Å². The smallest absolute Gasteiger partial charge is 0.0753 e. The highest BCUT2D eigenvalue weighted by atomic mass is 14.8. The summed E-state index contributed by atoms with van der Waals surface area (Å²) in [6.07, 6.45) is 2.03. The maximum absolute atomic E-state index is 4.87. The molecular weight excluding hydrogens is 256 g/mol. The molecule has 0 spiro atoms. The van der Waals surface area contributed by atoms with Crippen LogP contribution in [-0.2, 0) is 0 Å². The van der Waals surface area contributed by atoms with Gasteiger partial charge in [-0.25, -0.2) is 4.99 Å². The van der Waals surface area contributed by atoms with Gasteiger partial charge in [-0.3, -0.25) is 4.99 Å². The first-order valence-corrected chi connectivity index (χ1v) is 7.67. The molecule has 0 unspecified atom stereocenters. The van der Waals surface area contributed by atoms with E-state index in [-0.39, 0.29) is 0 Å². The molecule has 2 aromatic carbocycles. The largest absolute Gasteiger partial charge is 0.252 e. The molecule has 0 N–H and O–H groups in total. The van der Waals surface area contributed by atoms with Crippen molar-refractivity contribution in [2.45, 2.75) is 33.6 Å². The van der Waals surface area contributed by atoms with Crippen LogP contribution in [0.25, 0.3) is 16.7 Å². The number of benzene rings is 2. The van der Waals surface area contributed by atoms with Gasteiger partial charge in [0.2, 0.25) is 0 Å². The van der Waals surface area contributed by atoms with Gasteiger partial charge in [0, 0.05) is 22.4 Å². The van der Waals surface area contributed by atoms with E-state index in [1.54, 1.807) is 0 Å². The highest BCUT2D eigenvalue weighted by molar-refractivity contribution is 5.83. The van der Waals surface area contributed by atoms with Crippen molar-refractivity contribution in [2.24, 2.45) is 9.98 Å². The normalized spacial score (nSPS) is 14.4. The zero-order chi connectivity index (χ0) is 14.6. The van der Waals surface area contributed by atoms with Gasteiger partial charge in [-0.2, -0.15) is 0 Å². The third-order valence-electron chi connectivity index (χ3n) is 4.54. The number of nitrogens with zero attached hydrogens (tertiary/aromatic N) is 2. The summed E-state index contributed by atoms with van der Waals surface area (Å²) in [6.45, 7) is 6.59. The van der Waals surface area contributed by atoms with E-state index in [4.69, 9.17) is 9.98 Å². The molecule has 0 saturated heterocycles. The second kappa shape index (κ2) is 4.39. The SMILES string of the molecule is CCC1=C(CC)c2c(C)c3c(cc2=N1)-c1ccccc1N=3. The minimum absolute atomic E-state index is 0.996. The molecule has 0 radical (unpaired) electrons. The minimum Gasteiger partial charge on any atom is -0.252 e. The third-order valence-corrected chi connectivity index (χ3v) is 4.54. The van der Waals surface area contributed by atoms with E-state index in [0.29, 0.717) is 0 Å². The Kier molecular flexibility index (Phi) is 2.61. The van der Waals surface area contributed by atoms with E-state index in [9.17, 15) is 0 Å². The van der Waals surface area contributed by atoms with Crippen molar-refractivity contribution in [2.75, 3.05) is 0 Å². The summed E-state index contributed by atoms with van der Waals surface area (Å²) in [6, 6.07) is 10.6. The second-order valence-electron chi connectivity index (χ2n) is 5.66. The molecule has 4 rings (SSSR count). The predicted molar refractivity (Wildman–Crippen MR) is 86.1 cm³/mol. The number of hydrogen-bond acceptors (Lipinski definition) is 2. The van der Waals surface area contributed by atoms with Crippen molar-refractivity contribution < 1.29 is 0 Å². The first-order chi connectivity index (χ1) is 10.2. The molecule has 2 nitrogen and oxygen atoms in total. The first-order valence-electron chi connectivity index (χ1n) is 7.67. The fourth-order valence-electron chi connectivity index (χ4n) is 3.56. The van der Waals surface area contributed by atoms with Crippen molar-refractivity contribution in [1.82, 2.24) is 0 Å². The number of allylic oxidation sites excluding steroid dienone is 2. The summed E-state index contributed by atoms with van der Waals surface area (Å²) >= 11 is 0. The maximum Gasteiger partial charge on any atom is 0.0753 e. The lowest BCUT2D eigenvalue weighted by Crippen LogP contribution is -2.18. The van der Waals surface area contributed by atoms with Crippen LogP contribution in [0.2, 0.25) is 0 Å². The molecule has 0 bridgehead atoms. The third kappa shape index (κ3) is 1.59. The van der Waals surface area contributed by atoms with E-state index in [1.165, 1.54) is 33.5 Å². The Morgan fingerprint density at radius 1 is 0.952 bits per heavy atom. The average molecular weight is 274 g/mol. The monoisotopic (exact) mass is 274 g/mol. The van der Waals surface area contributed by atoms with Gasteiger partial charge in [-0.15, -0.1) is 0 Å². The lowest BCUT2D eigenvalue weighted by atomic mass is 9.94. The quantitative estimate of drug-likeness (QED) is 0.672. The van der Waals surface area contributed by atoms with E-state index < -0.39 is 0 Å². The van der Waals surface area contributed by atoms with Gasteiger partial charge >= 0.3 is 0 Å². The summed E-state index contributed by atoms with van der Waals surface area (Å²) in [5.41, 5.74) is 8.80. The highest BCUT2D eigenvalue weighted by Gasteiger charge is 2.23. The van der Waals surface area contributed by atoms with Crippen LogP contribution < -0.4 is 10.7 Å². The molecule has 0 aliphatic carbocycles. The van der Waals surface area contributed by atoms with Crippen LogP contribution >= 0.6 is 0 Å². The number of rotatable bonds is 2. The van der Waals surface area contributed by atoms with Gasteiger partial charge in [0.05, 0.1) is 16.4 Å². The van der Waals surface area contributed by atoms with Gasteiger partial charge < -0.3 is 0 Å². The van der Waals surface area contributed by atoms with Crippen LogP contribution in [0, 0.1) is 6.92 Å². The van der Waals surface area contributed by atoms with Crippen molar-refractivity contribution >= 4 is 11.3 Å². The predicted octanol–water partition coefficient (Wildman–Crippen LogP) is 4.09. The van der Waals surface area contributed by atoms with E-state index in [2.05, 4.69) is 45.0 Å². The number of para-hydroxylation sites is 1. The molecule has 2 heterocycles. The Labute approximate surface area is 124 Å². The second-order valence-corrected chi connectivity index (χ2v) is 5.66. The number of hydrogen-bond donors (Lipinski definition) is 0. The summed E-state index contributed by atoms with van der Waals surface area (Å²) in [5, 5.41) is 2.26. The van der Waals surface area contributed by atoms with Crippen molar-refractivity contribution in [3.05, 3.63) is 57.9 Å². The van der Waals surface area contributed by atoms with Crippen LogP contribution in [0.15, 0.2) is 46.0 Å². The first kappa shape index (κ1) is 12.5. The fourth-order valence-corrected chi connectivity index (χ4v) is 3.56. The van der Waals surface area contributed by atoms with Gasteiger partial charge in [-0.05, 0) is 43.0 Å². The van der Waals surface area contributed by atoms with Gasteiger partial charge in [-0.1, -0.05) is 32.0 Å². The Morgan fingerprint density at radius 2 is 1.76 bits per heavy atom. The highest BCUT2D eigenvalue weighted by Crippen LogP contribution is 2.35. The Bertz CT molecular complexity index is 917. The van der Waals surface area contributed by atoms with Crippen molar-refractivity contribution in [3.63, 3.8) is 0 Å². The van der Waals surface area contributed by atoms with Crippen LogP contribution in [-0.4, -0.2) is 0 Å². The zero-order valence-electron chi connectivity index (χ0n) is 12.7. The lowest BCUT2D eigenvalue weighted by Gasteiger charge is -2.07. The topological polar surface area (TPSA) is 24.7 Å². The molecule has 104 valence electrons. The molecule has 0 amide bonds. The molecule has 21 heavy (non-hydrogen) atoms. The fraction of sp³-hybridized carbons (Fsp3) is 0.263. The molecule has 2 aromatic rings. The molecule has 2 aliphatic rings. The van der Waals surface area contributed by atoms with Crippen LogP contribution in [0.4, 0.5) is 5.69 Å². The Morgan fingerprint density at radius 3 is 2.52 bits per heavy atom. The maximum atomic E-state index is 4.87. The molecule has 0 atom stereocenters. The standard InChI is InChI=1S/C19H18N2/c1-4-12-15(5-2)20-17-10-14-13-8-6-7-9-16(13)21-19(14)11(3)18(12)17/h6-10H,4-5H2,1-3H3. The lowest BCUT2D eigenvalue weighted by molar-refractivity contribution is 1.05. The Balaban J connectivity index is 2.08. The minimum atomic E-state index is 0.996. The van der Waals surface area contributed by atoms with E-state index >= 15 is 0 Å². The molecule has 0 fully saturated rings. The summed E-state index contributed by atoms with van der Waals surface area (Å²) in [7, 11) is 0. The summed E-state index contributed by atoms with van der Waals surface area (Å²) < 4.78 is 0. The number of fused-ring (bicyclic) bond motifs is 4. The molecular formula is C19H18N2. The average Bonchev–Trinajstić information content (AvgIpc) is 3.06. The van der Waals surface area contributed by atoms with E-state index in [0.717, 1.165) is 29.2 Å².